The highest BCUT2D eigenvalue weighted by Gasteiger charge is 2.32. The fourth-order valence-electron chi connectivity index (χ4n) is 2.44. The smallest absolute Gasteiger partial charge is 0.0738 e. The van der Waals surface area contributed by atoms with Crippen LogP contribution in [0.3, 0.4) is 0 Å². The van der Waals surface area contributed by atoms with Crippen LogP contribution in [0.4, 0.5) is 0 Å². The highest BCUT2D eigenvalue weighted by molar-refractivity contribution is 9.10. The Morgan fingerprint density at radius 3 is 2.71 bits per heavy atom. The monoisotopic (exact) mass is 299 g/mol. The van der Waals surface area contributed by atoms with E-state index in [1.807, 2.05) is 0 Å². The van der Waals surface area contributed by atoms with Gasteiger partial charge in [-0.2, -0.15) is 5.10 Å². The lowest BCUT2D eigenvalue weighted by molar-refractivity contribution is 0.454. The number of halogens is 1. The van der Waals surface area contributed by atoms with Gasteiger partial charge in [0.2, 0.25) is 0 Å². The van der Waals surface area contributed by atoms with Crippen LogP contribution in [-0.4, -0.2) is 22.4 Å². The van der Waals surface area contributed by atoms with Gasteiger partial charge in [-0.3, -0.25) is 4.68 Å². The van der Waals surface area contributed by atoms with Crippen LogP contribution in [0.15, 0.2) is 4.47 Å². The first kappa shape index (κ1) is 13.1. The van der Waals surface area contributed by atoms with E-state index < -0.39 is 0 Å². The lowest BCUT2D eigenvalue weighted by atomic mass is 10.1. The second-order valence-electron chi connectivity index (χ2n) is 4.87. The van der Waals surface area contributed by atoms with E-state index in [2.05, 4.69) is 51.8 Å². The molecule has 1 aliphatic rings. The molecule has 4 heteroatoms. The number of aryl methyl sites for hydroxylation is 2. The largest absolute Gasteiger partial charge is 0.314 e. The Balaban J connectivity index is 2.15. The number of likely N-dealkylation sites (N-methyl/N-ethyl adjacent to an activating group) is 1. The van der Waals surface area contributed by atoms with E-state index in [0.29, 0.717) is 6.04 Å². The zero-order chi connectivity index (χ0) is 12.4. The van der Waals surface area contributed by atoms with Crippen molar-refractivity contribution >= 4 is 15.9 Å². The first-order valence-corrected chi connectivity index (χ1v) is 7.41. The maximum absolute atomic E-state index is 4.56. The fourth-order valence-corrected chi connectivity index (χ4v) is 2.88. The van der Waals surface area contributed by atoms with Crippen LogP contribution in [0.25, 0.3) is 0 Å². The molecule has 0 saturated heterocycles. The van der Waals surface area contributed by atoms with Crippen molar-refractivity contribution in [1.29, 1.82) is 0 Å². The first-order valence-electron chi connectivity index (χ1n) is 6.62. The lowest BCUT2D eigenvalue weighted by Crippen LogP contribution is -2.33. The zero-order valence-electron chi connectivity index (χ0n) is 11.0. The third-order valence-corrected chi connectivity index (χ3v) is 4.55. The average molecular weight is 300 g/mol. The van der Waals surface area contributed by atoms with E-state index in [1.165, 1.54) is 23.0 Å². The highest BCUT2D eigenvalue weighted by Crippen LogP contribution is 2.35. The Hall–Kier alpha value is -0.350. The van der Waals surface area contributed by atoms with Crippen molar-refractivity contribution in [3.63, 3.8) is 0 Å². The maximum Gasteiger partial charge on any atom is 0.0738 e. The minimum Gasteiger partial charge on any atom is -0.314 e. The first-order chi connectivity index (χ1) is 8.17. The van der Waals surface area contributed by atoms with Gasteiger partial charge in [-0.1, -0.05) is 6.92 Å². The number of aromatic nitrogens is 2. The Kier molecular flexibility index (Phi) is 4.26. The summed E-state index contributed by atoms with van der Waals surface area (Å²) in [4.78, 5) is 0. The van der Waals surface area contributed by atoms with Gasteiger partial charge in [0.1, 0.15) is 0 Å². The van der Waals surface area contributed by atoms with Crippen LogP contribution in [0.5, 0.6) is 0 Å². The summed E-state index contributed by atoms with van der Waals surface area (Å²) in [5, 5.41) is 8.18. The molecule has 1 aromatic rings. The Labute approximate surface area is 112 Å². The Morgan fingerprint density at radius 2 is 2.18 bits per heavy atom. The van der Waals surface area contributed by atoms with E-state index in [9.17, 15) is 0 Å². The van der Waals surface area contributed by atoms with Crippen LogP contribution in [0.1, 0.15) is 38.1 Å². The van der Waals surface area contributed by atoms with E-state index in [4.69, 9.17) is 0 Å². The molecular weight excluding hydrogens is 278 g/mol. The van der Waals surface area contributed by atoms with Gasteiger partial charge in [0.15, 0.2) is 0 Å². The Morgan fingerprint density at radius 1 is 1.47 bits per heavy atom. The van der Waals surface area contributed by atoms with Crippen LogP contribution < -0.4 is 5.32 Å². The summed E-state index contributed by atoms with van der Waals surface area (Å²) in [5.74, 6) is 0.877. The molecule has 0 aromatic carbocycles. The van der Waals surface area contributed by atoms with Gasteiger partial charge in [0.05, 0.1) is 15.9 Å². The van der Waals surface area contributed by atoms with Crippen LogP contribution in [0.2, 0.25) is 0 Å². The predicted octanol–water partition coefficient (Wildman–Crippen LogP) is 2.90. The summed E-state index contributed by atoms with van der Waals surface area (Å²) in [6, 6.07) is 0.623. The number of rotatable bonds is 6. The van der Waals surface area contributed by atoms with Crippen LogP contribution >= 0.6 is 15.9 Å². The van der Waals surface area contributed by atoms with Crippen molar-refractivity contribution < 1.29 is 0 Å². The van der Waals surface area contributed by atoms with Crippen molar-refractivity contribution in [1.82, 2.24) is 15.1 Å². The molecule has 0 spiro atoms. The summed E-state index contributed by atoms with van der Waals surface area (Å²) in [6.07, 6.45) is 3.86. The average Bonchev–Trinajstić information content (AvgIpc) is 3.11. The quantitative estimate of drug-likeness (QED) is 0.875. The summed E-state index contributed by atoms with van der Waals surface area (Å²) in [6.45, 7) is 8.41. The molecule has 1 aliphatic carbocycles. The second-order valence-corrected chi connectivity index (χ2v) is 5.66. The highest BCUT2D eigenvalue weighted by atomic mass is 79.9. The molecule has 2 rings (SSSR count). The third kappa shape index (κ3) is 2.91. The molecule has 0 amide bonds. The molecule has 1 fully saturated rings. The van der Waals surface area contributed by atoms with Crippen molar-refractivity contribution in [2.45, 2.75) is 52.6 Å². The number of nitrogens with one attached hydrogen (secondary N) is 1. The van der Waals surface area contributed by atoms with Gasteiger partial charge < -0.3 is 5.32 Å². The minimum absolute atomic E-state index is 0.623. The molecule has 1 N–H and O–H groups in total. The standard InChI is InChI=1S/C13H22BrN3/c1-4-15-11(10-6-7-10)8-12-13(14)9(3)16-17(12)5-2/h10-11,15H,4-8H2,1-3H3. The zero-order valence-corrected chi connectivity index (χ0v) is 12.5. The number of hydrogen-bond donors (Lipinski definition) is 1. The lowest BCUT2D eigenvalue weighted by Gasteiger charge is -2.18. The van der Waals surface area contributed by atoms with Crippen molar-refractivity contribution in [2.75, 3.05) is 6.54 Å². The maximum atomic E-state index is 4.56. The van der Waals surface area contributed by atoms with Gasteiger partial charge in [0, 0.05) is 19.0 Å². The molecule has 1 atom stereocenters. The van der Waals surface area contributed by atoms with Gasteiger partial charge >= 0.3 is 0 Å². The van der Waals surface area contributed by atoms with Gasteiger partial charge in [-0.25, -0.2) is 0 Å². The molecule has 0 radical (unpaired) electrons. The van der Waals surface area contributed by atoms with Crippen LogP contribution in [-0.2, 0) is 13.0 Å². The van der Waals surface area contributed by atoms with Gasteiger partial charge in [-0.05, 0) is 55.1 Å². The summed E-state index contributed by atoms with van der Waals surface area (Å²) in [5.41, 5.74) is 2.45. The molecule has 1 unspecified atom stereocenters. The van der Waals surface area contributed by atoms with Crippen LogP contribution in [0, 0.1) is 12.8 Å². The van der Waals surface area contributed by atoms with E-state index in [-0.39, 0.29) is 0 Å². The normalized spacial score (nSPS) is 17.4. The van der Waals surface area contributed by atoms with Gasteiger partial charge in [-0.15, -0.1) is 0 Å². The van der Waals surface area contributed by atoms with Crippen molar-refractivity contribution in [3.8, 4) is 0 Å². The number of hydrogen-bond acceptors (Lipinski definition) is 2. The van der Waals surface area contributed by atoms with E-state index in [0.717, 1.165) is 31.1 Å². The van der Waals surface area contributed by atoms with Crippen molar-refractivity contribution in [2.24, 2.45) is 5.92 Å². The molecule has 1 aromatic heterocycles. The molecule has 1 heterocycles. The molecule has 96 valence electrons. The topological polar surface area (TPSA) is 29.9 Å². The van der Waals surface area contributed by atoms with E-state index in [1.54, 1.807) is 0 Å². The molecule has 1 saturated carbocycles. The SMILES string of the molecule is CCNC(Cc1c(Br)c(C)nn1CC)C1CC1. The Bertz CT molecular complexity index is 382. The van der Waals surface area contributed by atoms with E-state index >= 15 is 0 Å². The molecule has 0 aliphatic heterocycles. The molecular formula is C13H22BrN3. The predicted molar refractivity (Wildman–Crippen MR) is 74.2 cm³/mol. The summed E-state index contributed by atoms with van der Waals surface area (Å²) in [7, 11) is 0. The summed E-state index contributed by atoms with van der Waals surface area (Å²) < 4.78 is 3.33. The number of nitrogens with zero attached hydrogens (tertiary/aromatic N) is 2. The van der Waals surface area contributed by atoms with Crippen molar-refractivity contribution in [3.05, 3.63) is 15.9 Å². The molecule has 17 heavy (non-hydrogen) atoms. The third-order valence-electron chi connectivity index (χ3n) is 3.52. The molecule has 3 nitrogen and oxygen atoms in total. The minimum atomic E-state index is 0.623. The summed E-state index contributed by atoms with van der Waals surface area (Å²) >= 11 is 3.68. The fraction of sp³-hybridized carbons (Fsp3) is 0.769. The molecule has 0 bridgehead atoms. The second kappa shape index (κ2) is 5.53. The van der Waals surface area contributed by atoms with Gasteiger partial charge in [0.25, 0.3) is 0 Å².